The summed E-state index contributed by atoms with van der Waals surface area (Å²) in [6.07, 6.45) is 3.47. The molecule has 0 spiro atoms. The van der Waals surface area contributed by atoms with Crippen LogP contribution >= 0.6 is 0 Å². The van der Waals surface area contributed by atoms with E-state index < -0.39 is 11.8 Å². The molecule has 1 aromatic heterocycles. The molecule has 0 unspecified atom stereocenters. The monoisotopic (exact) mass is 414 g/mol. The predicted molar refractivity (Wildman–Crippen MR) is 114 cm³/mol. The Kier molecular flexibility index (Phi) is 5.33. The number of nitrogens with zero attached hydrogens (tertiary/aromatic N) is 2. The smallest absolute Gasteiger partial charge is 0.335 e. The van der Waals surface area contributed by atoms with Gasteiger partial charge in [-0.1, -0.05) is 24.3 Å². The molecule has 4 aromatic rings. The lowest BCUT2D eigenvalue weighted by Crippen LogP contribution is -1.97. The second-order valence-electron chi connectivity index (χ2n) is 7.05. The molecule has 0 atom stereocenters. The van der Waals surface area contributed by atoms with Crippen LogP contribution in [0, 0.1) is 23.0 Å². The predicted octanol–water partition coefficient (Wildman–Crippen LogP) is 5.73. The van der Waals surface area contributed by atoms with E-state index in [2.05, 4.69) is 6.07 Å². The van der Waals surface area contributed by atoms with Crippen molar-refractivity contribution in [3.63, 3.8) is 0 Å². The summed E-state index contributed by atoms with van der Waals surface area (Å²) in [5.74, 6) is -1.77. The summed E-state index contributed by atoms with van der Waals surface area (Å²) in [6.45, 7) is 0.450. The van der Waals surface area contributed by atoms with E-state index in [0.717, 1.165) is 11.1 Å². The van der Waals surface area contributed by atoms with Crippen molar-refractivity contribution >= 4 is 28.5 Å². The normalized spacial score (nSPS) is 11.5. The number of carboxylic acids is 1. The summed E-state index contributed by atoms with van der Waals surface area (Å²) in [6, 6.07) is 18.7. The topological polar surface area (TPSA) is 66.0 Å². The number of allylic oxidation sites excluding steroid dienone is 1. The highest BCUT2D eigenvalue weighted by atomic mass is 19.1. The second kappa shape index (κ2) is 8.25. The quantitative estimate of drug-likeness (QED) is 0.424. The Labute approximate surface area is 176 Å². The molecule has 1 heterocycles. The first-order chi connectivity index (χ1) is 14.9. The second-order valence-corrected chi connectivity index (χ2v) is 7.05. The van der Waals surface area contributed by atoms with Crippen molar-refractivity contribution in [2.24, 2.45) is 0 Å². The molecule has 4 rings (SSSR count). The van der Waals surface area contributed by atoms with Gasteiger partial charge in [0.1, 0.15) is 11.6 Å². The average molecular weight is 414 g/mol. The minimum atomic E-state index is -1.05. The van der Waals surface area contributed by atoms with Gasteiger partial charge in [0.25, 0.3) is 0 Å². The highest BCUT2D eigenvalue weighted by Crippen LogP contribution is 2.28. The largest absolute Gasteiger partial charge is 0.478 e. The van der Waals surface area contributed by atoms with Gasteiger partial charge in [-0.25, -0.2) is 13.6 Å². The summed E-state index contributed by atoms with van der Waals surface area (Å²) in [5.41, 5.74) is 3.30. The fourth-order valence-corrected chi connectivity index (χ4v) is 3.46. The van der Waals surface area contributed by atoms with Gasteiger partial charge in [-0.2, -0.15) is 5.26 Å². The summed E-state index contributed by atoms with van der Waals surface area (Å²) < 4.78 is 29.1. The van der Waals surface area contributed by atoms with Crippen LogP contribution in [-0.2, 0) is 6.54 Å². The molecule has 0 saturated carbocycles. The third kappa shape index (κ3) is 4.21. The van der Waals surface area contributed by atoms with Gasteiger partial charge in [0, 0.05) is 29.2 Å². The van der Waals surface area contributed by atoms with Crippen LogP contribution in [0.3, 0.4) is 0 Å². The standard InChI is InChI=1S/C25H16F2N2O2/c26-21-7-1-16(2-8-21)14-29-15-20(23-12-22(27)9-10-24(23)29)11-19(13-28)17-3-5-18(6-4-17)25(30)31/h1-12,15H,14H2,(H,30,31). The van der Waals surface area contributed by atoms with Gasteiger partial charge in [0.15, 0.2) is 0 Å². The van der Waals surface area contributed by atoms with Crippen LogP contribution in [0.2, 0.25) is 0 Å². The van der Waals surface area contributed by atoms with Crippen molar-refractivity contribution in [1.82, 2.24) is 4.57 Å². The Morgan fingerprint density at radius 1 is 0.968 bits per heavy atom. The van der Waals surface area contributed by atoms with Crippen molar-refractivity contribution in [2.45, 2.75) is 6.54 Å². The van der Waals surface area contributed by atoms with Gasteiger partial charge in [0.2, 0.25) is 0 Å². The van der Waals surface area contributed by atoms with Gasteiger partial charge in [-0.05, 0) is 59.7 Å². The van der Waals surface area contributed by atoms with Crippen LogP contribution in [0.5, 0.6) is 0 Å². The molecule has 0 radical (unpaired) electrons. The number of nitriles is 1. The third-order valence-corrected chi connectivity index (χ3v) is 5.00. The Bertz CT molecular complexity index is 1350. The molecule has 0 bridgehead atoms. The zero-order chi connectivity index (χ0) is 22.0. The Morgan fingerprint density at radius 3 is 2.26 bits per heavy atom. The summed E-state index contributed by atoms with van der Waals surface area (Å²) in [5, 5.41) is 19.4. The molecule has 4 nitrogen and oxygen atoms in total. The zero-order valence-electron chi connectivity index (χ0n) is 16.2. The molecule has 31 heavy (non-hydrogen) atoms. The maximum Gasteiger partial charge on any atom is 0.335 e. The van der Waals surface area contributed by atoms with E-state index in [0.29, 0.717) is 28.6 Å². The van der Waals surface area contributed by atoms with E-state index in [-0.39, 0.29) is 11.4 Å². The SMILES string of the molecule is N#CC(=Cc1cn(Cc2ccc(F)cc2)c2ccc(F)cc12)c1ccc(C(=O)O)cc1. The van der Waals surface area contributed by atoms with Crippen molar-refractivity contribution in [3.05, 3.63) is 107 Å². The lowest BCUT2D eigenvalue weighted by atomic mass is 10.0. The maximum absolute atomic E-state index is 14.0. The summed E-state index contributed by atoms with van der Waals surface area (Å²) in [4.78, 5) is 11.1. The first-order valence-corrected chi connectivity index (χ1v) is 9.43. The summed E-state index contributed by atoms with van der Waals surface area (Å²) >= 11 is 0. The number of hydrogen-bond acceptors (Lipinski definition) is 2. The number of benzene rings is 3. The minimum absolute atomic E-state index is 0.124. The van der Waals surface area contributed by atoms with Crippen molar-refractivity contribution in [2.75, 3.05) is 0 Å². The van der Waals surface area contributed by atoms with Crippen molar-refractivity contribution in [3.8, 4) is 6.07 Å². The molecular formula is C25H16F2N2O2. The number of rotatable bonds is 5. The first kappa shape index (κ1) is 20.0. The van der Waals surface area contributed by atoms with Crippen molar-refractivity contribution < 1.29 is 18.7 Å². The molecule has 0 aliphatic rings. The van der Waals surface area contributed by atoms with E-state index in [1.54, 1.807) is 36.4 Å². The van der Waals surface area contributed by atoms with Crippen LogP contribution in [-0.4, -0.2) is 15.6 Å². The molecular weight excluding hydrogens is 398 g/mol. The lowest BCUT2D eigenvalue weighted by molar-refractivity contribution is 0.0697. The lowest BCUT2D eigenvalue weighted by Gasteiger charge is -2.05. The first-order valence-electron chi connectivity index (χ1n) is 9.43. The third-order valence-electron chi connectivity index (χ3n) is 5.00. The van der Waals surface area contributed by atoms with E-state index >= 15 is 0 Å². The van der Waals surface area contributed by atoms with Crippen LogP contribution < -0.4 is 0 Å². The maximum atomic E-state index is 14.0. The minimum Gasteiger partial charge on any atom is -0.478 e. The number of aromatic nitrogens is 1. The summed E-state index contributed by atoms with van der Waals surface area (Å²) in [7, 11) is 0. The van der Waals surface area contributed by atoms with Crippen molar-refractivity contribution in [1.29, 1.82) is 5.26 Å². The van der Waals surface area contributed by atoms with E-state index in [1.165, 1.54) is 36.4 Å². The van der Waals surface area contributed by atoms with Crippen LogP contribution in [0.1, 0.15) is 27.0 Å². The van der Waals surface area contributed by atoms with Gasteiger partial charge in [0.05, 0.1) is 17.2 Å². The highest BCUT2D eigenvalue weighted by molar-refractivity contribution is 5.98. The molecule has 6 heteroatoms. The molecule has 1 N–H and O–H groups in total. The van der Waals surface area contributed by atoms with Crippen LogP contribution in [0.15, 0.2) is 72.9 Å². The van der Waals surface area contributed by atoms with E-state index in [9.17, 15) is 18.8 Å². The van der Waals surface area contributed by atoms with Gasteiger partial charge >= 0.3 is 5.97 Å². The van der Waals surface area contributed by atoms with E-state index in [1.807, 2.05) is 10.8 Å². The Morgan fingerprint density at radius 2 is 1.61 bits per heavy atom. The number of fused-ring (bicyclic) bond motifs is 1. The van der Waals surface area contributed by atoms with Crippen LogP contribution in [0.25, 0.3) is 22.6 Å². The average Bonchev–Trinajstić information content (AvgIpc) is 3.09. The number of carbonyl (C=O) groups is 1. The van der Waals surface area contributed by atoms with Gasteiger partial charge in [-0.3, -0.25) is 0 Å². The van der Waals surface area contributed by atoms with Gasteiger partial charge < -0.3 is 9.67 Å². The molecule has 0 amide bonds. The molecule has 0 fully saturated rings. The fraction of sp³-hybridized carbons (Fsp3) is 0.0400. The molecule has 152 valence electrons. The molecule has 0 aliphatic heterocycles. The number of aromatic carboxylic acids is 1. The number of carboxylic acid groups (broad SMARTS) is 1. The highest BCUT2D eigenvalue weighted by Gasteiger charge is 2.11. The van der Waals surface area contributed by atoms with Gasteiger partial charge in [-0.15, -0.1) is 0 Å². The van der Waals surface area contributed by atoms with E-state index in [4.69, 9.17) is 5.11 Å². The zero-order valence-corrected chi connectivity index (χ0v) is 16.2. The number of halogens is 2. The Balaban J connectivity index is 1.78. The molecule has 0 aliphatic carbocycles. The Hall–Kier alpha value is -4.24. The van der Waals surface area contributed by atoms with Crippen LogP contribution in [0.4, 0.5) is 8.78 Å². The number of hydrogen-bond donors (Lipinski definition) is 1. The molecule has 3 aromatic carbocycles. The molecule has 0 saturated heterocycles. The fourth-order valence-electron chi connectivity index (χ4n) is 3.46.